The molecular formula is C20H15F3N4O3S. The fourth-order valence-electron chi connectivity index (χ4n) is 3.06. The molecule has 0 aliphatic heterocycles. The Bertz CT molecular complexity index is 1440. The van der Waals surface area contributed by atoms with Crippen LogP contribution in [0, 0.1) is 0 Å². The highest BCUT2D eigenvalue weighted by atomic mass is 32.2. The maximum absolute atomic E-state index is 13.0. The summed E-state index contributed by atoms with van der Waals surface area (Å²) in [5.41, 5.74) is -0.880. The van der Waals surface area contributed by atoms with Gasteiger partial charge in [-0.2, -0.15) is 17.9 Å². The van der Waals surface area contributed by atoms with Crippen LogP contribution in [0.5, 0.6) is 0 Å². The Morgan fingerprint density at radius 3 is 2.39 bits per heavy atom. The number of alkyl halides is 3. The monoisotopic (exact) mass is 448 g/mol. The highest BCUT2D eigenvalue weighted by molar-refractivity contribution is 7.91. The van der Waals surface area contributed by atoms with E-state index in [0.717, 1.165) is 16.7 Å². The van der Waals surface area contributed by atoms with Gasteiger partial charge in [0.2, 0.25) is 0 Å². The molecule has 0 N–H and O–H groups in total. The summed E-state index contributed by atoms with van der Waals surface area (Å²) in [5.74, 6) is -0.538. The molecule has 11 heteroatoms. The van der Waals surface area contributed by atoms with Crippen molar-refractivity contribution in [1.82, 2.24) is 19.2 Å². The number of halogens is 3. The van der Waals surface area contributed by atoms with Crippen molar-refractivity contribution < 1.29 is 21.6 Å². The van der Waals surface area contributed by atoms with Crippen molar-refractivity contribution in [2.45, 2.75) is 18.0 Å². The van der Waals surface area contributed by atoms with Crippen LogP contribution in [0.4, 0.5) is 13.2 Å². The van der Waals surface area contributed by atoms with Crippen molar-refractivity contribution in [3.05, 3.63) is 77.0 Å². The van der Waals surface area contributed by atoms with Crippen LogP contribution in [0.2, 0.25) is 0 Å². The molecule has 3 heterocycles. The van der Waals surface area contributed by atoms with Crippen LogP contribution in [0.3, 0.4) is 0 Å². The Hall–Kier alpha value is -3.47. The molecule has 0 atom stereocenters. The first kappa shape index (κ1) is 20.8. The molecule has 1 aromatic carbocycles. The van der Waals surface area contributed by atoms with Crippen molar-refractivity contribution in [2.24, 2.45) is 0 Å². The molecule has 0 unspecified atom stereocenters. The lowest BCUT2D eigenvalue weighted by atomic mass is 10.1. The van der Waals surface area contributed by atoms with Gasteiger partial charge < -0.3 is 0 Å². The number of aromatic nitrogens is 4. The molecule has 0 aliphatic carbocycles. The number of fused-ring (bicyclic) bond motifs is 1. The normalized spacial score (nSPS) is 12.4. The molecule has 0 saturated carbocycles. The van der Waals surface area contributed by atoms with Gasteiger partial charge in [0.15, 0.2) is 21.3 Å². The summed E-state index contributed by atoms with van der Waals surface area (Å²) in [5, 5.41) is 3.91. The molecule has 4 rings (SSSR count). The molecule has 0 aliphatic rings. The standard InChI is InChI=1S/C20H15F3N4O3S/c1-2-31(29,30)16-10-14(13-6-4-3-5-7-13)12-24-18(16)27-19(28)26-9-8-15(20(21,22)23)11-17(26)25-27/h3-12H,2H2,1H3. The summed E-state index contributed by atoms with van der Waals surface area (Å²) in [6.45, 7) is 1.44. The zero-order chi connectivity index (χ0) is 22.4. The Labute approximate surface area is 174 Å². The summed E-state index contributed by atoms with van der Waals surface area (Å²) in [7, 11) is -3.84. The Morgan fingerprint density at radius 1 is 1.03 bits per heavy atom. The van der Waals surface area contributed by atoms with Gasteiger partial charge in [-0.25, -0.2) is 22.6 Å². The highest BCUT2D eigenvalue weighted by Crippen LogP contribution is 2.30. The number of benzene rings is 1. The van der Waals surface area contributed by atoms with Gasteiger partial charge in [0.25, 0.3) is 0 Å². The van der Waals surface area contributed by atoms with Crippen LogP contribution in [0.25, 0.3) is 22.6 Å². The predicted molar refractivity (Wildman–Crippen MR) is 107 cm³/mol. The minimum absolute atomic E-state index is 0.238. The van der Waals surface area contributed by atoms with Gasteiger partial charge in [-0.3, -0.25) is 0 Å². The summed E-state index contributed by atoms with van der Waals surface area (Å²) >= 11 is 0. The lowest BCUT2D eigenvalue weighted by Gasteiger charge is -2.10. The van der Waals surface area contributed by atoms with E-state index in [1.807, 2.05) is 0 Å². The number of sulfone groups is 1. The maximum Gasteiger partial charge on any atom is 0.416 e. The number of hydrogen-bond acceptors (Lipinski definition) is 5. The second kappa shape index (κ2) is 7.34. The third kappa shape index (κ3) is 3.72. The van der Waals surface area contributed by atoms with E-state index in [9.17, 15) is 26.4 Å². The van der Waals surface area contributed by atoms with Gasteiger partial charge in [-0.05, 0) is 23.8 Å². The molecule has 0 bridgehead atoms. The van der Waals surface area contributed by atoms with E-state index < -0.39 is 27.3 Å². The quantitative estimate of drug-likeness (QED) is 0.478. The average molecular weight is 448 g/mol. The molecule has 0 saturated heterocycles. The van der Waals surface area contributed by atoms with E-state index in [0.29, 0.717) is 21.9 Å². The van der Waals surface area contributed by atoms with Crippen molar-refractivity contribution in [1.29, 1.82) is 0 Å². The average Bonchev–Trinajstić information content (AvgIpc) is 3.09. The molecular weight excluding hydrogens is 433 g/mol. The van der Waals surface area contributed by atoms with E-state index >= 15 is 0 Å². The second-order valence-electron chi connectivity index (χ2n) is 6.65. The van der Waals surface area contributed by atoms with E-state index in [1.54, 1.807) is 30.3 Å². The van der Waals surface area contributed by atoms with Crippen molar-refractivity contribution in [2.75, 3.05) is 5.75 Å². The molecule has 4 aromatic rings. The Kier molecular flexibility index (Phi) is 4.92. The minimum Gasteiger partial charge on any atom is -0.250 e. The molecule has 160 valence electrons. The molecule has 0 fully saturated rings. The number of nitrogens with zero attached hydrogens (tertiary/aromatic N) is 4. The summed E-state index contributed by atoms with van der Waals surface area (Å²) in [4.78, 5) is 16.7. The van der Waals surface area contributed by atoms with Gasteiger partial charge in [-0.15, -0.1) is 5.10 Å². The van der Waals surface area contributed by atoms with Crippen LogP contribution in [0.15, 0.2) is 70.6 Å². The summed E-state index contributed by atoms with van der Waals surface area (Å²) in [6, 6.07) is 11.8. The van der Waals surface area contributed by atoms with Gasteiger partial charge in [0.05, 0.1) is 11.3 Å². The smallest absolute Gasteiger partial charge is 0.250 e. The molecule has 0 radical (unpaired) electrons. The van der Waals surface area contributed by atoms with Gasteiger partial charge in [-0.1, -0.05) is 37.3 Å². The zero-order valence-electron chi connectivity index (χ0n) is 16.0. The third-order valence-electron chi connectivity index (χ3n) is 4.71. The highest BCUT2D eigenvalue weighted by Gasteiger charge is 2.31. The Balaban J connectivity index is 1.96. The summed E-state index contributed by atoms with van der Waals surface area (Å²) in [6.07, 6.45) is -2.29. The summed E-state index contributed by atoms with van der Waals surface area (Å²) < 4.78 is 66.1. The topological polar surface area (TPSA) is 86.3 Å². The molecule has 3 aromatic heterocycles. The molecule has 31 heavy (non-hydrogen) atoms. The van der Waals surface area contributed by atoms with Crippen LogP contribution in [-0.2, 0) is 16.0 Å². The van der Waals surface area contributed by atoms with Crippen LogP contribution in [-0.4, -0.2) is 33.3 Å². The molecule has 0 spiro atoms. The van der Waals surface area contributed by atoms with Crippen LogP contribution in [0.1, 0.15) is 12.5 Å². The van der Waals surface area contributed by atoms with Crippen LogP contribution < -0.4 is 5.69 Å². The van der Waals surface area contributed by atoms with Gasteiger partial charge in [0.1, 0.15) is 4.90 Å². The third-order valence-corrected chi connectivity index (χ3v) is 6.44. The fourth-order valence-corrected chi connectivity index (χ4v) is 4.09. The lowest BCUT2D eigenvalue weighted by Crippen LogP contribution is -2.23. The van der Waals surface area contributed by atoms with E-state index in [1.165, 1.54) is 19.2 Å². The Morgan fingerprint density at radius 2 is 1.74 bits per heavy atom. The maximum atomic E-state index is 13.0. The van der Waals surface area contributed by atoms with Crippen LogP contribution >= 0.6 is 0 Å². The zero-order valence-corrected chi connectivity index (χ0v) is 16.9. The van der Waals surface area contributed by atoms with E-state index in [-0.39, 0.29) is 22.1 Å². The first-order valence-corrected chi connectivity index (χ1v) is 10.7. The minimum atomic E-state index is -4.62. The number of hydrogen-bond donors (Lipinski definition) is 0. The SMILES string of the molecule is CCS(=O)(=O)c1cc(-c2ccccc2)cnc1-n1nc2cc(C(F)(F)F)ccn2c1=O. The van der Waals surface area contributed by atoms with Gasteiger partial charge in [0, 0.05) is 18.0 Å². The number of pyridine rings is 2. The largest absolute Gasteiger partial charge is 0.416 e. The number of rotatable bonds is 4. The van der Waals surface area contributed by atoms with Crippen molar-refractivity contribution >= 4 is 15.5 Å². The predicted octanol–water partition coefficient (Wildman–Crippen LogP) is 3.36. The molecule has 7 nitrogen and oxygen atoms in total. The fraction of sp³-hybridized carbons (Fsp3) is 0.150. The van der Waals surface area contributed by atoms with E-state index in [4.69, 9.17) is 0 Å². The van der Waals surface area contributed by atoms with Gasteiger partial charge >= 0.3 is 11.9 Å². The first-order chi connectivity index (χ1) is 14.6. The first-order valence-electron chi connectivity index (χ1n) is 9.09. The second-order valence-corrected chi connectivity index (χ2v) is 8.90. The van der Waals surface area contributed by atoms with E-state index in [2.05, 4.69) is 10.1 Å². The molecule has 0 amide bonds. The lowest BCUT2D eigenvalue weighted by molar-refractivity contribution is -0.137. The van der Waals surface area contributed by atoms with Crippen molar-refractivity contribution in [3.8, 4) is 16.9 Å². The van der Waals surface area contributed by atoms with Crippen molar-refractivity contribution in [3.63, 3.8) is 0 Å².